The molecule has 242 valence electrons. The zero-order valence-corrected chi connectivity index (χ0v) is 27.2. The molecule has 3 fully saturated rings. The second-order valence-corrected chi connectivity index (χ2v) is 13.3. The van der Waals surface area contributed by atoms with Crippen molar-refractivity contribution in [2.45, 2.75) is 102 Å². The van der Waals surface area contributed by atoms with Gasteiger partial charge in [0, 0.05) is 26.2 Å². The third kappa shape index (κ3) is 6.12. The topological polar surface area (TPSA) is 90.4 Å². The molecular formula is C36H53N3O5. The fourth-order valence-electron chi connectivity index (χ4n) is 8.09. The van der Waals surface area contributed by atoms with Gasteiger partial charge in [0.1, 0.15) is 11.6 Å². The summed E-state index contributed by atoms with van der Waals surface area (Å²) in [5.74, 6) is -1.91. The minimum Gasteiger partial charge on any atom is -0.394 e. The molecule has 3 saturated heterocycles. The predicted molar refractivity (Wildman–Crippen MR) is 172 cm³/mol. The third-order valence-electron chi connectivity index (χ3n) is 10.0. The van der Waals surface area contributed by atoms with E-state index in [9.17, 15) is 19.5 Å². The largest absolute Gasteiger partial charge is 0.394 e. The van der Waals surface area contributed by atoms with Crippen LogP contribution in [0.4, 0.5) is 0 Å². The lowest BCUT2D eigenvalue weighted by Crippen LogP contribution is -2.59. The number of unbranched alkanes of at least 4 members (excludes halogenated alkanes) is 2. The number of amides is 3. The molecule has 1 aromatic carbocycles. The summed E-state index contributed by atoms with van der Waals surface area (Å²) >= 11 is 0. The van der Waals surface area contributed by atoms with Gasteiger partial charge in [-0.1, -0.05) is 83.0 Å². The zero-order chi connectivity index (χ0) is 32.1. The van der Waals surface area contributed by atoms with Crippen LogP contribution in [0.3, 0.4) is 0 Å². The van der Waals surface area contributed by atoms with Crippen molar-refractivity contribution in [2.75, 3.05) is 26.2 Å². The fourth-order valence-corrected chi connectivity index (χ4v) is 8.09. The number of hydrogen-bond acceptors (Lipinski definition) is 5. The van der Waals surface area contributed by atoms with Crippen LogP contribution < -0.4 is 0 Å². The molecule has 0 radical (unpaired) electrons. The minimum atomic E-state index is -1.13. The lowest BCUT2D eigenvalue weighted by Gasteiger charge is -2.40. The van der Waals surface area contributed by atoms with E-state index in [1.807, 2.05) is 51.1 Å². The first kappa shape index (κ1) is 33.9. The van der Waals surface area contributed by atoms with Crippen molar-refractivity contribution in [3.8, 4) is 0 Å². The van der Waals surface area contributed by atoms with Crippen molar-refractivity contribution in [1.29, 1.82) is 0 Å². The smallest absolute Gasteiger partial charge is 0.248 e. The molecule has 2 bridgehead atoms. The molecule has 0 aliphatic carbocycles. The first-order valence-electron chi connectivity index (χ1n) is 16.6. The predicted octanol–water partition coefficient (Wildman–Crippen LogP) is 4.97. The molecule has 2 unspecified atom stereocenters. The van der Waals surface area contributed by atoms with Crippen LogP contribution in [0.2, 0.25) is 0 Å². The molecular weight excluding hydrogens is 554 g/mol. The van der Waals surface area contributed by atoms with Gasteiger partial charge < -0.3 is 24.5 Å². The van der Waals surface area contributed by atoms with Crippen LogP contribution >= 0.6 is 0 Å². The van der Waals surface area contributed by atoms with E-state index in [4.69, 9.17) is 4.74 Å². The van der Waals surface area contributed by atoms with E-state index >= 15 is 0 Å². The summed E-state index contributed by atoms with van der Waals surface area (Å²) < 4.78 is 7.03. The molecule has 44 heavy (non-hydrogen) atoms. The maximum Gasteiger partial charge on any atom is 0.248 e. The Morgan fingerprint density at radius 2 is 1.75 bits per heavy atom. The van der Waals surface area contributed by atoms with E-state index in [-0.39, 0.29) is 30.2 Å². The van der Waals surface area contributed by atoms with Gasteiger partial charge in [-0.05, 0) is 43.6 Å². The van der Waals surface area contributed by atoms with Crippen LogP contribution in [0, 0.1) is 17.8 Å². The van der Waals surface area contributed by atoms with Crippen molar-refractivity contribution in [3.63, 3.8) is 0 Å². The highest BCUT2D eigenvalue weighted by atomic mass is 16.5. The minimum absolute atomic E-state index is 0.140. The molecule has 3 aliphatic heterocycles. The van der Waals surface area contributed by atoms with Crippen LogP contribution in [-0.2, 0) is 25.7 Å². The van der Waals surface area contributed by atoms with Gasteiger partial charge in [-0.15, -0.1) is 13.2 Å². The number of nitrogens with zero attached hydrogens (tertiary/aromatic N) is 3. The summed E-state index contributed by atoms with van der Waals surface area (Å²) in [5.41, 5.74) is -0.980. The summed E-state index contributed by atoms with van der Waals surface area (Å²) in [6.07, 6.45) is 8.51. The first-order chi connectivity index (χ1) is 21.1. The van der Waals surface area contributed by atoms with Crippen molar-refractivity contribution >= 4 is 17.7 Å². The third-order valence-corrected chi connectivity index (χ3v) is 10.0. The quantitative estimate of drug-likeness (QED) is 0.200. The standard InChI is InChI=1S/C36H53N3O5/c1-7-11-15-22-37(20-8-2)34(43)31-36-19-18-35(10-4,44-36)29(30(36)33(42)39(31)28(25-40)23-26(5)6)32(41)38(21-9-3)24-27-16-13-12-14-17-27/h8-9,12-14,16-17,26,28-31,40H,2-3,7,10-11,15,18-25H2,1,4-6H3/t28-,29+,30+,31?,35-,36?/m1/s1. The number of aliphatic hydroxyl groups excluding tert-OH is 1. The summed E-state index contributed by atoms with van der Waals surface area (Å²) in [6.45, 7) is 17.4. The van der Waals surface area contributed by atoms with E-state index in [0.29, 0.717) is 51.9 Å². The van der Waals surface area contributed by atoms with Crippen LogP contribution in [0.15, 0.2) is 55.6 Å². The Bertz CT molecular complexity index is 1190. The van der Waals surface area contributed by atoms with Gasteiger partial charge in [-0.25, -0.2) is 0 Å². The Hall–Kier alpha value is -2.97. The van der Waals surface area contributed by atoms with Crippen LogP contribution in [0.1, 0.15) is 78.2 Å². The molecule has 8 nitrogen and oxygen atoms in total. The average Bonchev–Trinajstić information content (AvgIpc) is 3.62. The zero-order valence-electron chi connectivity index (χ0n) is 27.2. The SMILES string of the molecule is C=CCN(CCCCC)C(=O)C1N([C@@H](CO)CC(C)C)C(=O)[C@@H]2[C@@H](C(=O)N(CC=C)Cc3ccccc3)[C@@]3(CC)CCC12O3. The molecule has 3 amide bonds. The number of carbonyl (C=O) groups is 3. The van der Waals surface area contributed by atoms with Gasteiger partial charge >= 0.3 is 0 Å². The van der Waals surface area contributed by atoms with Gasteiger partial charge in [0.2, 0.25) is 17.7 Å². The molecule has 1 N–H and O–H groups in total. The Labute approximate surface area is 264 Å². The Morgan fingerprint density at radius 3 is 2.34 bits per heavy atom. The van der Waals surface area contributed by atoms with Crippen LogP contribution in [0.25, 0.3) is 0 Å². The monoisotopic (exact) mass is 607 g/mol. The van der Waals surface area contributed by atoms with Crippen molar-refractivity contribution in [2.24, 2.45) is 17.8 Å². The van der Waals surface area contributed by atoms with Crippen LogP contribution in [0.5, 0.6) is 0 Å². The molecule has 4 rings (SSSR count). The number of benzene rings is 1. The molecule has 1 aromatic rings. The Balaban J connectivity index is 1.80. The van der Waals surface area contributed by atoms with Gasteiger partial charge in [-0.2, -0.15) is 0 Å². The number of rotatable bonds is 17. The average molecular weight is 608 g/mol. The highest BCUT2D eigenvalue weighted by molar-refractivity contribution is 5.99. The number of likely N-dealkylation sites (tertiary alicyclic amines) is 1. The molecule has 6 atom stereocenters. The fraction of sp³-hybridized carbons (Fsp3) is 0.639. The van der Waals surface area contributed by atoms with Crippen molar-refractivity contribution in [3.05, 3.63) is 61.2 Å². The molecule has 0 saturated carbocycles. The first-order valence-corrected chi connectivity index (χ1v) is 16.6. The number of fused-ring (bicyclic) bond motifs is 1. The summed E-state index contributed by atoms with van der Waals surface area (Å²) in [5, 5.41) is 10.6. The molecule has 0 aromatic heterocycles. The number of hydrogen-bond donors (Lipinski definition) is 1. The molecule has 3 aliphatic rings. The lowest BCUT2D eigenvalue weighted by molar-refractivity contribution is -0.158. The van der Waals surface area contributed by atoms with Gasteiger partial charge in [0.15, 0.2) is 0 Å². The normalized spacial score (nSPS) is 27.8. The van der Waals surface area contributed by atoms with Crippen molar-refractivity contribution in [1.82, 2.24) is 14.7 Å². The van der Waals surface area contributed by atoms with Gasteiger partial charge in [-0.3, -0.25) is 14.4 Å². The second-order valence-electron chi connectivity index (χ2n) is 13.3. The van der Waals surface area contributed by atoms with E-state index in [1.54, 1.807) is 26.9 Å². The number of ether oxygens (including phenoxy) is 1. The second kappa shape index (κ2) is 14.4. The number of carbonyl (C=O) groups excluding carboxylic acids is 3. The Kier molecular flexibility index (Phi) is 11.1. The van der Waals surface area contributed by atoms with E-state index in [1.165, 1.54) is 0 Å². The van der Waals surface area contributed by atoms with Gasteiger partial charge in [0.05, 0.1) is 30.1 Å². The van der Waals surface area contributed by atoms with Crippen molar-refractivity contribution < 1.29 is 24.2 Å². The lowest BCUT2D eigenvalue weighted by atomic mass is 9.64. The molecule has 8 heteroatoms. The summed E-state index contributed by atoms with van der Waals surface area (Å²) in [6, 6.07) is 8.34. The van der Waals surface area contributed by atoms with E-state index in [2.05, 4.69) is 20.1 Å². The van der Waals surface area contributed by atoms with E-state index < -0.39 is 35.1 Å². The van der Waals surface area contributed by atoms with Gasteiger partial charge in [0.25, 0.3) is 0 Å². The Morgan fingerprint density at radius 1 is 1.07 bits per heavy atom. The van der Waals surface area contributed by atoms with Crippen LogP contribution in [-0.4, -0.2) is 87.1 Å². The molecule has 3 heterocycles. The maximum absolute atomic E-state index is 14.8. The number of aliphatic hydroxyl groups is 1. The summed E-state index contributed by atoms with van der Waals surface area (Å²) in [7, 11) is 0. The maximum atomic E-state index is 14.8. The molecule has 1 spiro atoms. The summed E-state index contributed by atoms with van der Waals surface area (Å²) in [4.78, 5) is 49.3. The highest BCUT2D eigenvalue weighted by Gasteiger charge is 2.79. The highest BCUT2D eigenvalue weighted by Crippen LogP contribution is 2.65. The van der Waals surface area contributed by atoms with E-state index in [0.717, 1.165) is 24.8 Å².